The molecule has 0 saturated heterocycles. The van der Waals surface area contributed by atoms with Crippen molar-refractivity contribution in [2.75, 3.05) is 12.4 Å². The lowest BCUT2D eigenvalue weighted by Gasteiger charge is -2.06. The molecule has 0 aromatic carbocycles. The summed E-state index contributed by atoms with van der Waals surface area (Å²) in [5.74, 6) is 0.111. The molecule has 7 heteroatoms. The van der Waals surface area contributed by atoms with Gasteiger partial charge in [0.1, 0.15) is 5.75 Å². The van der Waals surface area contributed by atoms with Gasteiger partial charge in [-0.2, -0.15) is 4.98 Å². The largest absolute Gasteiger partial charge is 0.396 e. The van der Waals surface area contributed by atoms with E-state index >= 15 is 0 Å². The molecule has 0 spiro atoms. The van der Waals surface area contributed by atoms with Crippen molar-refractivity contribution < 1.29 is 18.0 Å². The lowest BCUT2D eigenvalue weighted by atomic mass is 10.2. The van der Waals surface area contributed by atoms with Crippen molar-refractivity contribution in [1.29, 1.82) is 0 Å². The third-order valence-corrected chi connectivity index (χ3v) is 4.23. The monoisotopic (exact) mass is 276 g/mol. The standard InChI is InChI=1S/C11H20N2O4S/c1-3-4-5-11-12-10(13-17-11)8-18(15,16)7-9(2)6-14/h9,14H,3-8H2,1-2H3. The van der Waals surface area contributed by atoms with E-state index < -0.39 is 9.84 Å². The highest BCUT2D eigenvalue weighted by atomic mass is 32.2. The number of aliphatic hydroxyl groups excluding tert-OH is 1. The zero-order valence-electron chi connectivity index (χ0n) is 10.8. The van der Waals surface area contributed by atoms with Gasteiger partial charge in [0.15, 0.2) is 15.7 Å². The van der Waals surface area contributed by atoms with Gasteiger partial charge in [0, 0.05) is 13.0 Å². The molecule has 104 valence electrons. The zero-order chi connectivity index (χ0) is 13.6. The van der Waals surface area contributed by atoms with Crippen LogP contribution in [-0.4, -0.2) is 36.0 Å². The molecule has 1 rings (SSSR count). The number of sulfone groups is 1. The summed E-state index contributed by atoms with van der Waals surface area (Å²) in [6.07, 6.45) is 2.64. The number of aliphatic hydroxyl groups is 1. The average Bonchev–Trinajstić information content (AvgIpc) is 2.72. The molecule has 1 unspecified atom stereocenters. The number of hydrogen-bond acceptors (Lipinski definition) is 6. The molecule has 1 aromatic heterocycles. The fraction of sp³-hybridized carbons (Fsp3) is 0.818. The molecule has 0 aliphatic rings. The van der Waals surface area contributed by atoms with Crippen molar-refractivity contribution in [3.05, 3.63) is 11.7 Å². The molecule has 6 nitrogen and oxygen atoms in total. The van der Waals surface area contributed by atoms with Gasteiger partial charge >= 0.3 is 0 Å². The minimum Gasteiger partial charge on any atom is -0.396 e. The maximum absolute atomic E-state index is 11.8. The van der Waals surface area contributed by atoms with Gasteiger partial charge in [-0.15, -0.1) is 0 Å². The summed E-state index contributed by atoms with van der Waals surface area (Å²) in [5, 5.41) is 12.5. The maximum Gasteiger partial charge on any atom is 0.226 e. The van der Waals surface area contributed by atoms with Crippen LogP contribution in [0.1, 0.15) is 38.4 Å². The fourth-order valence-electron chi connectivity index (χ4n) is 1.52. The van der Waals surface area contributed by atoms with Gasteiger partial charge in [-0.05, 0) is 12.3 Å². The number of aryl methyl sites for hydroxylation is 1. The van der Waals surface area contributed by atoms with E-state index in [0.717, 1.165) is 12.8 Å². The quantitative estimate of drug-likeness (QED) is 0.760. The lowest BCUT2D eigenvalue weighted by molar-refractivity contribution is 0.249. The summed E-state index contributed by atoms with van der Waals surface area (Å²) in [6.45, 7) is 3.59. The Hall–Kier alpha value is -0.950. The van der Waals surface area contributed by atoms with Crippen molar-refractivity contribution in [2.24, 2.45) is 5.92 Å². The Morgan fingerprint density at radius 1 is 1.44 bits per heavy atom. The molecule has 0 aliphatic carbocycles. The van der Waals surface area contributed by atoms with Crippen LogP contribution in [0.15, 0.2) is 4.52 Å². The third-order valence-electron chi connectivity index (χ3n) is 2.45. The van der Waals surface area contributed by atoms with Gasteiger partial charge in [-0.25, -0.2) is 8.42 Å². The first-order valence-corrected chi connectivity index (χ1v) is 7.91. The van der Waals surface area contributed by atoms with Crippen LogP contribution in [0.4, 0.5) is 0 Å². The Labute approximate surface area is 107 Å². The summed E-state index contributed by atoms with van der Waals surface area (Å²) in [6, 6.07) is 0. The SMILES string of the molecule is CCCCc1nc(CS(=O)(=O)CC(C)CO)no1. The molecule has 18 heavy (non-hydrogen) atoms. The lowest BCUT2D eigenvalue weighted by Crippen LogP contribution is -2.18. The van der Waals surface area contributed by atoms with Gasteiger partial charge < -0.3 is 9.63 Å². The van der Waals surface area contributed by atoms with Gasteiger partial charge in [0.05, 0.1) is 5.75 Å². The van der Waals surface area contributed by atoms with Crippen LogP contribution < -0.4 is 0 Å². The highest BCUT2D eigenvalue weighted by molar-refractivity contribution is 7.90. The molecule has 0 fully saturated rings. The van der Waals surface area contributed by atoms with Crippen molar-refractivity contribution >= 4 is 9.84 Å². The third kappa shape index (κ3) is 5.14. The van der Waals surface area contributed by atoms with Crippen molar-refractivity contribution in [2.45, 2.75) is 38.9 Å². The average molecular weight is 276 g/mol. The van der Waals surface area contributed by atoms with Crippen molar-refractivity contribution in [1.82, 2.24) is 10.1 Å². The molecule has 0 radical (unpaired) electrons. The first-order valence-electron chi connectivity index (χ1n) is 6.09. The van der Waals surface area contributed by atoms with Crippen LogP contribution in [0.5, 0.6) is 0 Å². The molecule has 1 heterocycles. The fourth-order valence-corrected chi connectivity index (χ4v) is 3.12. The Bertz CT molecular complexity index is 455. The highest BCUT2D eigenvalue weighted by Crippen LogP contribution is 2.09. The van der Waals surface area contributed by atoms with Gasteiger partial charge in [-0.3, -0.25) is 0 Å². The van der Waals surface area contributed by atoms with Crippen molar-refractivity contribution in [3.8, 4) is 0 Å². The first kappa shape index (κ1) is 15.1. The van der Waals surface area contributed by atoms with Crippen LogP contribution in [-0.2, 0) is 22.0 Å². The maximum atomic E-state index is 11.8. The zero-order valence-corrected chi connectivity index (χ0v) is 11.6. The normalized spacial score (nSPS) is 13.7. The Morgan fingerprint density at radius 2 is 2.17 bits per heavy atom. The number of unbranched alkanes of at least 4 members (excludes halogenated alkanes) is 1. The smallest absolute Gasteiger partial charge is 0.226 e. The Balaban J connectivity index is 2.58. The summed E-state index contributed by atoms with van der Waals surface area (Å²) in [4.78, 5) is 4.05. The van der Waals surface area contributed by atoms with Crippen molar-refractivity contribution in [3.63, 3.8) is 0 Å². The van der Waals surface area contributed by atoms with E-state index in [1.54, 1.807) is 6.92 Å². The number of rotatable bonds is 8. The van der Waals surface area contributed by atoms with Crippen LogP contribution in [0.25, 0.3) is 0 Å². The predicted molar refractivity (Wildman–Crippen MR) is 66.7 cm³/mol. The summed E-state index contributed by atoms with van der Waals surface area (Å²) in [5.41, 5.74) is 0. The van der Waals surface area contributed by atoms with E-state index in [0.29, 0.717) is 12.3 Å². The number of aromatic nitrogens is 2. The van der Waals surface area contributed by atoms with Crippen LogP contribution in [0.2, 0.25) is 0 Å². The number of hydrogen-bond donors (Lipinski definition) is 1. The van der Waals surface area contributed by atoms with Gasteiger partial charge in [0.2, 0.25) is 5.89 Å². The molecule has 0 bridgehead atoms. The molecule has 0 saturated carbocycles. The molecule has 0 amide bonds. The second-order valence-electron chi connectivity index (χ2n) is 4.55. The van der Waals surface area contributed by atoms with Gasteiger partial charge in [0.25, 0.3) is 0 Å². The van der Waals surface area contributed by atoms with Crippen LogP contribution in [0.3, 0.4) is 0 Å². The summed E-state index contributed by atoms with van der Waals surface area (Å²) < 4.78 is 28.5. The van der Waals surface area contributed by atoms with E-state index in [2.05, 4.69) is 17.1 Å². The minimum atomic E-state index is -3.30. The second kappa shape index (κ2) is 6.84. The number of nitrogens with zero attached hydrogens (tertiary/aromatic N) is 2. The van der Waals surface area contributed by atoms with Crippen LogP contribution in [0, 0.1) is 5.92 Å². The molecule has 1 aromatic rings. The molecule has 1 atom stereocenters. The highest BCUT2D eigenvalue weighted by Gasteiger charge is 2.19. The Kier molecular flexibility index (Phi) is 5.74. The first-order chi connectivity index (χ1) is 8.46. The molecule has 1 N–H and O–H groups in total. The molecule has 0 aliphatic heterocycles. The van der Waals surface area contributed by atoms with E-state index in [-0.39, 0.29) is 29.9 Å². The predicted octanol–water partition coefficient (Wildman–Crippen LogP) is 0.955. The molecular weight excluding hydrogens is 256 g/mol. The van der Waals surface area contributed by atoms with Crippen LogP contribution >= 0.6 is 0 Å². The second-order valence-corrected chi connectivity index (χ2v) is 6.66. The minimum absolute atomic E-state index is 0.0671. The van der Waals surface area contributed by atoms with E-state index in [1.807, 2.05) is 0 Å². The summed E-state index contributed by atoms with van der Waals surface area (Å²) >= 11 is 0. The van der Waals surface area contributed by atoms with E-state index in [1.165, 1.54) is 0 Å². The topological polar surface area (TPSA) is 93.3 Å². The van der Waals surface area contributed by atoms with E-state index in [9.17, 15) is 8.42 Å². The van der Waals surface area contributed by atoms with E-state index in [4.69, 9.17) is 9.63 Å². The Morgan fingerprint density at radius 3 is 2.78 bits per heavy atom. The van der Waals surface area contributed by atoms with Gasteiger partial charge in [-0.1, -0.05) is 25.4 Å². The summed E-state index contributed by atoms with van der Waals surface area (Å²) in [7, 11) is -3.30. The molecular formula is C11H20N2O4S.